The molecule has 24 heavy (non-hydrogen) atoms. The van der Waals surface area contributed by atoms with E-state index in [1.165, 1.54) is 6.92 Å². The molecule has 1 saturated heterocycles. The fraction of sp³-hybridized carbons (Fsp3) is 0.529. The Morgan fingerprint density at radius 1 is 1.42 bits per heavy atom. The van der Waals surface area contributed by atoms with Gasteiger partial charge in [-0.1, -0.05) is 29.8 Å². The van der Waals surface area contributed by atoms with Gasteiger partial charge in [-0.05, 0) is 11.6 Å². The maximum Gasteiger partial charge on any atom is 0.223 e. The maximum absolute atomic E-state index is 12.4. The molecule has 1 aliphatic rings. The number of hydrogen-bond acceptors (Lipinski definition) is 4. The number of amides is 2. The van der Waals surface area contributed by atoms with E-state index < -0.39 is 5.60 Å². The number of carbonyl (C=O) groups is 2. The van der Waals surface area contributed by atoms with Gasteiger partial charge in [-0.25, -0.2) is 0 Å². The highest BCUT2D eigenvalue weighted by atomic mass is 35.5. The zero-order valence-corrected chi connectivity index (χ0v) is 14.8. The highest BCUT2D eigenvalue weighted by Crippen LogP contribution is 2.23. The van der Waals surface area contributed by atoms with Crippen LogP contribution < -0.4 is 5.32 Å². The topological polar surface area (TPSA) is 67.9 Å². The van der Waals surface area contributed by atoms with Crippen molar-refractivity contribution in [3.63, 3.8) is 0 Å². The molecular weight excluding hydrogens is 332 g/mol. The monoisotopic (exact) mass is 354 g/mol. The molecule has 0 aliphatic carbocycles. The summed E-state index contributed by atoms with van der Waals surface area (Å²) in [5.41, 5.74) is 0.0340. The largest absolute Gasteiger partial charge is 0.382 e. The van der Waals surface area contributed by atoms with E-state index in [9.17, 15) is 9.59 Å². The van der Waals surface area contributed by atoms with Crippen LogP contribution in [-0.2, 0) is 25.6 Å². The van der Waals surface area contributed by atoms with E-state index in [0.29, 0.717) is 31.3 Å². The fourth-order valence-corrected chi connectivity index (χ4v) is 3.02. The van der Waals surface area contributed by atoms with Crippen LogP contribution in [0.4, 0.5) is 0 Å². The molecule has 6 nitrogen and oxygen atoms in total. The quantitative estimate of drug-likeness (QED) is 0.842. The number of methoxy groups -OCH3 is 1. The molecule has 7 heteroatoms. The van der Waals surface area contributed by atoms with E-state index in [1.807, 2.05) is 18.2 Å². The fourth-order valence-electron chi connectivity index (χ4n) is 2.81. The number of morpholine rings is 1. The minimum absolute atomic E-state index is 0.0322. The zero-order chi connectivity index (χ0) is 17.6. The van der Waals surface area contributed by atoms with Crippen molar-refractivity contribution in [3.8, 4) is 0 Å². The molecule has 1 fully saturated rings. The Morgan fingerprint density at radius 3 is 2.83 bits per heavy atom. The van der Waals surface area contributed by atoms with Crippen LogP contribution in [-0.4, -0.2) is 55.7 Å². The van der Waals surface area contributed by atoms with Gasteiger partial charge in [0, 0.05) is 32.1 Å². The molecule has 0 spiro atoms. The minimum atomic E-state index is -0.816. The first kappa shape index (κ1) is 18.7. The average molecular weight is 355 g/mol. The molecule has 0 radical (unpaired) electrons. The van der Waals surface area contributed by atoms with Crippen LogP contribution >= 0.6 is 11.6 Å². The predicted molar refractivity (Wildman–Crippen MR) is 90.7 cm³/mol. The molecule has 1 heterocycles. The molecule has 0 saturated carbocycles. The molecular formula is C17H23ClN2O4. The standard InChI is InChI=1S/C17H23ClN2O4/c1-13(21)20-7-8-24-17(11-20,12-23-2)9-16(22)19-10-14-5-3-4-6-15(14)18/h3-6H,7-12H2,1-2H3,(H,19,22). The van der Waals surface area contributed by atoms with E-state index in [2.05, 4.69) is 5.32 Å². The maximum atomic E-state index is 12.4. The second kappa shape index (κ2) is 8.46. The lowest BCUT2D eigenvalue weighted by atomic mass is 9.97. The Balaban J connectivity index is 1.98. The summed E-state index contributed by atoms with van der Waals surface area (Å²) in [6.07, 6.45) is 0.120. The molecule has 1 aromatic carbocycles. The number of ether oxygens (including phenoxy) is 2. The summed E-state index contributed by atoms with van der Waals surface area (Å²) in [5.74, 6) is -0.201. The van der Waals surface area contributed by atoms with Gasteiger partial charge in [0.05, 0.1) is 26.2 Å². The molecule has 1 atom stereocenters. The van der Waals surface area contributed by atoms with Crippen molar-refractivity contribution in [2.75, 3.05) is 33.4 Å². The number of nitrogens with zero attached hydrogens (tertiary/aromatic N) is 1. The summed E-state index contributed by atoms with van der Waals surface area (Å²) in [6, 6.07) is 7.36. The molecule has 2 amide bonds. The Kier molecular flexibility index (Phi) is 6.60. The number of nitrogens with one attached hydrogen (secondary N) is 1. The Morgan fingerprint density at radius 2 is 2.17 bits per heavy atom. The lowest BCUT2D eigenvalue weighted by Gasteiger charge is -2.41. The molecule has 132 valence electrons. The molecule has 0 aromatic heterocycles. The van der Waals surface area contributed by atoms with E-state index in [4.69, 9.17) is 21.1 Å². The summed E-state index contributed by atoms with van der Waals surface area (Å²) in [6.45, 7) is 3.37. The van der Waals surface area contributed by atoms with Crippen molar-refractivity contribution in [1.82, 2.24) is 10.2 Å². The normalized spacial score (nSPS) is 20.7. The number of hydrogen-bond donors (Lipinski definition) is 1. The van der Waals surface area contributed by atoms with Crippen molar-refractivity contribution in [1.29, 1.82) is 0 Å². The zero-order valence-electron chi connectivity index (χ0n) is 14.0. The van der Waals surface area contributed by atoms with Gasteiger partial charge in [-0.3, -0.25) is 9.59 Å². The third-order valence-corrected chi connectivity index (χ3v) is 4.39. The van der Waals surface area contributed by atoms with Crippen molar-refractivity contribution >= 4 is 23.4 Å². The van der Waals surface area contributed by atoms with Gasteiger partial charge in [-0.15, -0.1) is 0 Å². The smallest absolute Gasteiger partial charge is 0.223 e. The lowest BCUT2D eigenvalue weighted by Crippen LogP contribution is -2.57. The second-order valence-electron chi connectivity index (χ2n) is 5.95. The number of carbonyl (C=O) groups excluding carboxylic acids is 2. The van der Waals surface area contributed by atoms with Gasteiger partial charge < -0.3 is 19.7 Å². The Bertz CT molecular complexity index is 592. The van der Waals surface area contributed by atoms with Crippen LogP contribution in [0.2, 0.25) is 5.02 Å². The number of benzene rings is 1. The summed E-state index contributed by atoms with van der Waals surface area (Å²) in [4.78, 5) is 25.7. The Hall–Kier alpha value is -1.63. The second-order valence-corrected chi connectivity index (χ2v) is 6.36. The molecule has 1 unspecified atom stereocenters. The van der Waals surface area contributed by atoms with Crippen molar-refractivity contribution < 1.29 is 19.1 Å². The molecule has 1 N–H and O–H groups in total. The van der Waals surface area contributed by atoms with Gasteiger partial charge in [0.25, 0.3) is 0 Å². The number of rotatable bonds is 6. The third-order valence-electron chi connectivity index (χ3n) is 4.02. The van der Waals surface area contributed by atoms with Gasteiger partial charge in [0.2, 0.25) is 11.8 Å². The van der Waals surface area contributed by atoms with Crippen LogP contribution in [0, 0.1) is 0 Å². The van der Waals surface area contributed by atoms with E-state index in [-0.39, 0.29) is 24.8 Å². The molecule has 0 bridgehead atoms. The predicted octanol–water partition coefficient (Wildman–Crippen LogP) is 1.61. The summed E-state index contributed by atoms with van der Waals surface area (Å²) < 4.78 is 11.1. The minimum Gasteiger partial charge on any atom is -0.382 e. The van der Waals surface area contributed by atoms with Gasteiger partial charge >= 0.3 is 0 Å². The van der Waals surface area contributed by atoms with Crippen molar-refractivity contribution in [2.45, 2.75) is 25.5 Å². The van der Waals surface area contributed by atoms with Crippen LogP contribution in [0.1, 0.15) is 18.9 Å². The average Bonchev–Trinajstić information content (AvgIpc) is 2.54. The van der Waals surface area contributed by atoms with E-state index in [0.717, 1.165) is 5.56 Å². The van der Waals surface area contributed by atoms with Crippen molar-refractivity contribution in [2.24, 2.45) is 0 Å². The number of halogens is 1. The van der Waals surface area contributed by atoms with Gasteiger partial charge in [-0.2, -0.15) is 0 Å². The molecule has 1 aromatic rings. The van der Waals surface area contributed by atoms with Crippen molar-refractivity contribution in [3.05, 3.63) is 34.9 Å². The Labute approximate surface area is 147 Å². The van der Waals surface area contributed by atoms with Crippen LogP contribution in [0.25, 0.3) is 0 Å². The van der Waals surface area contributed by atoms with Gasteiger partial charge in [0.1, 0.15) is 5.60 Å². The lowest BCUT2D eigenvalue weighted by molar-refractivity contribution is -0.165. The van der Waals surface area contributed by atoms with Gasteiger partial charge in [0.15, 0.2) is 0 Å². The first-order valence-electron chi connectivity index (χ1n) is 7.84. The van der Waals surface area contributed by atoms with Crippen LogP contribution in [0.3, 0.4) is 0 Å². The van der Waals surface area contributed by atoms with E-state index >= 15 is 0 Å². The highest BCUT2D eigenvalue weighted by molar-refractivity contribution is 6.31. The highest BCUT2D eigenvalue weighted by Gasteiger charge is 2.39. The summed E-state index contributed by atoms with van der Waals surface area (Å²) >= 11 is 6.09. The third kappa shape index (κ3) is 4.93. The first-order chi connectivity index (χ1) is 11.5. The van der Waals surface area contributed by atoms with E-state index in [1.54, 1.807) is 18.1 Å². The first-order valence-corrected chi connectivity index (χ1v) is 8.22. The molecule has 2 rings (SSSR count). The SMILES string of the molecule is COCC1(CC(=O)NCc2ccccc2Cl)CN(C(C)=O)CCO1. The summed E-state index contributed by atoms with van der Waals surface area (Å²) in [5, 5.41) is 3.46. The van der Waals surface area contributed by atoms with Crippen LogP contribution in [0.15, 0.2) is 24.3 Å². The summed E-state index contributed by atoms with van der Waals surface area (Å²) in [7, 11) is 1.56. The van der Waals surface area contributed by atoms with Crippen LogP contribution in [0.5, 0.6) is 0 Å². The molecule has 1 aliphatic heterocycles.